The lowest BCUT2D eigenvalue weighted by Crippen LogP contribution is -2.18. The molecule has 0 spiro atoms. The number of thiazole rings is 1. The van der Waals surface area contributed by atoms with Crippen molar-refractivity contribution >= 4 is 34.9 Å². The molecule has 1 aliphatic heterocycles. The van der Waals surface area contributed by atoms with E-state index in [1.165, 1.54) is 22.9 Å². The van der Waals surface area contributed by atoms with Gasteiger partial charge >= 0.3 is 0 Å². The van der Waals surface area contributed by atoms with E-state index >= 15 is 0 Å². The molecule has 2 N–H and O–H groups in total. The van der Waals surface area contributed by atoms with Gasteiger partial charge in [-0.25, -0.2) is 4.98 Å². The lowest BCUT2D eigenvalue weighted by atomic mass is 10.2. The normalized spacial score (nSPS) is 27.9. The number of hydrogen-bond acceptors (Lipinski definition) is 5. The van der Waals surface area contributed by atoms with Crippen molar-refractivity contribution in [3.05, 3.63) is 16.1 Å². The third-order valence-electron chi connectivity index (χ3n) is 2.70. The average Bonchev–Trinajstić information content (AvgIpc) is 2.78. The van der Waals surface area contributed by atoms with Crippen LogP contribution in [-0.2, 0) is 0 Å². The van der Waals surface area contributed by atoms with E-state index < -0.39 is 0 Å². The fourth-order valence-corrected chi connectivity index (χ4v) is 6.13. The highest BCUT2D eigenvalue weighted by atomic mass is 32.2. The first-order valence-corrected chi connectivity index (χ1v) is 8.64. The van der Waals surface area contributed by atoms with Crippen molar-refractivity contribution < 1.29 is 0 Å². The zero-order valence-corrected chi connectivity index (χ0v) is 12.1. The third kappa shape index (κ3) is 2.75. The Bertz CT molecular complexity index is 338. The van der Waals surface area contributed by atoms with Crippen LogP contribution in [0.1, 0.15) is 42.3 Å². The number of thioether (sulfide) groups is 2. The SMILES string of the molecule is CCC1SCCSC1c1nc(C(C)N)cs1. The zero-order valence-electron chi connectivity index (χ0n) is 9.68. The quantitative estimate of drug-likeness (QED) is 0.916. The maximum Gasteiger partial charge on any atom is 0.107 e. The van der Waals surface area contributed by atoms with Gasteiger partial charge < -0.3 is 5.73 Å². The monoisotopic (exact) mass is 274 g/mol. The molecule has 1 aliphatic rings. The molecule has 0 amide bonds. The van der Waals surface area contributed by atoms with E-state index in [4.69, 9.17) is 10.7 Å². The summed E-state index contributed by atoms with van der Waals surface area (Å²) in [5.41, 5.74) is 6.90. The third-order valence-corrected chi connectivity index (χ3v) is 7.05. The van der Waals surface area contributed by atoms with Gasteiger partial charge in [-0.3, -0.25) is 0 Å². The smallest absolute Gasteiger partial charge is 0.107 e. The van der Waals surface area contributed by atoms with Gasteiger partial charge in [0.25, 0.3) is 0 Å². The van der Waals surface area contributed by atoms with Crippen molar-refractivity contribution in [2.75, 3.05) is 11.5 Å². The molecule has 0 aromatic carbocycles. The molecule has 0 bridgehead atoms. The Hall–Kier alpha value is 0.290. The maximum absolute atomic E-state index is 5.86. The molecule has 0 saturated carbocycles. The van der Waals surface area contributed by atoms with Crippen molar-refractivity contribution in [3.8, 4) is 0 Å². The molecule has 3 atom stereocenters. The van der Waals surface area contributed by atoms with Crippen molar-refractivity contribution in [3.63, 3.8) is 0 Å². The fourth-order valence-electron chi connectivity index (χ4n) is 1.77. The number of hydrogen-bond donors (Lipinski definition) is 1. The largest absolute Gasteiger partial charge is 0.323 e. The van der Waals surface area contributed by atoms with E-state index in [0.717, 1.165) is 10.9 Å². The van der Waals surface area contributed by atoms with Gasteiger partial charge in [0.15, 0.2) is 0 Å². The number of nitrogens with zero attached hydrogens (tertiary/aromatic N) is 1. The van der Waals surface area contributed by atoms with Gasteiger partial charge in [-0.1, -0.05) is 6.92 Å². The minimum Gasteiger partial charge on any atom is -0.323 e. The predicted octanol–water partition coefficient (Wildman–Crippen LogP) is 3.46. The van der Waals surface area contributed by atoms with Crippen LogP contribution in [0.2, 0.25) is 0 Å². The lowest BCUT2D eigenvalue weighted by molar-refractivity contribution is 0.756. The van der Waals surface area contributed by atoms with E-state index in [1.54, 1.807) is 11.3 Å². The molecular weight excluding hydrogens is 256 g/mol. The summed E-state index contributed by atoms with van der Waals surface area (Å²) in [6.07, 6.45) is 1.23. The second-order valence-electron chi connectivity index (χ2n) is 4.01. The molecule has 5 heteroatoms. The van der Waals surface area contributed by atoms with Crippen LogP contribution in [0.15, 0.2) is 5.38 Å². The summed E-state index contributed by atoms with van der Waals surface area (Å²) < 4.78 is 0. The van der Waals surface area contributed by atoms with Gasteiger partial charge in [0.05, 0.1) is 10.9 Å². The molecule has 0 aliphatic carbocycles. The first-order chi connectivity index (χ1) is 7.72. The highest BCUT2D eigenvalue weighted by molar-refractivity contribution is 8.06. The number of nitrogens with two attached hydrogens (primary N) is 1. The van der Waals surface area contributed by atoms with Crippen LogP contribution in [0.5, 0.6) is 0 Å². The molecule has 2 rings (SSSR count). The second kappa shape index (κ2) is 5.76. The first kappa shape index (κ1) is 12.7. The van der Waals surface area contributed by atoms with Crippen molar-refractivity contribution in [1.82, 2.24) is 4.98 Å². The Morgan fingerprint density at radius 1 is 1.50 bits per heavy atom. The molecule has 2 nitrogen and oxygen atoms in total. The Morgan fingerprint density at radius 3 is 2.88 bits per heavy atom. The van der Waals surface area contributed by atoms with Crippen LogP contribution in [-0.4, -0.2) is 21.7 Å². The van der Waals surface area contributed by atoms with Crippen LogP contribution in [0, 0.1) is 0 Å². The summed E-state index contributed by atoms with van der Waals surface area (Å²) in [4.78, 5) is 4.69. The van der Waals surface area contributed by atoms with Crippen molar-refractivity contribution in [2.45, 2.75) is 36.8 Å². The summed E-state index contributed by atoms with van der Waals surface area (Å²) in [5.74, 6) is 2.53. The summed E-state index contributed by atoms with van der Waals surface area (Å²) in [6, 6.07) is 0.0614. The van der Waals surface area contributed by atoms with Crippen LogP contribution < -0.4 is 5.73 Å². The molecule has 1 saturated heterocycles. The molecule has 0 radical (unpaired) electrons. The van der Waals surface area contributed by atoms with E-state index in [0.29, 0.717) is 5.25 Å². The van der Waals surface area contributed by atoms with E-state index in [9.17, 15) is 0 Å². The average molecular weight is 274 g/mol. The van der Waals surface area contributed by atoms with Gasteiger partial charge in [0.2, 0.25) is 0 Å². The highest BCUT2D eigenvalue weighted by Gasteiger charge is 2.28. The van der Waals surface area contributed by atoms with Gasteiger partial charge in [-0.2, -0.15) is 11.8 Å². The second-order valence-corrected chi connectivity index (χ2v) is 7.49. The Balaban J connectivity index is 2.14. The van der Waals surface area contributed by atoms with Crippen molar-refractivity contribution in [2.24, 2.45) is 5.73 Å². The topological polar surface area (TPSA) is 38.9 Å². The number of rotatable bonds is 3. The summed E-state index contributed by atoms with van der Waals surface area (Å²) in [5, 5.41) is 4.70. The minimum absolute atomic E-state index is 0.0614. The molecule has 16 heavy (non-hydrogen) atoms. The molecule has 90 valence electrons. The maximum atomic E-state index is 5.86. The fraction of sp³-hybridized carbons (Fsp3) is 0.727. The predicted molar refractivity (Wildman–Crippen MR) is 76.5 cm³/mol. The van der Waals surface area contributed by atoms with E-state index in [2.05, 4.69) is 35.8 Å². The zero-order chi connectivity index (χ0) is 11.5. The van der Waals surface area contributed by atoms with Crippen LogP contribution >= 0.6 is 34.9 Å². The van der Waals surface area contributed by atoms with Gasteiger partial charge in [0, 0.05) is 28.2 Å². The highest BCUT2D eigenvalue weighted by Crippen LogP contribution is 2.45. The summed E-state index contributed by atoms with van der Waals surface area (Å²) in [7, 11) is 0. The van der Waals surface area contributed by atoms with Crippen molar-refractivity contribution in [1.29, 1.82) is 0 Å². The summed E-state index contributed by atoms with van der Waals surface area (Å²) >= 11 is 5.94. The van der Waals surface area contributed by atoms with Gasteiger partial charge in [-0.15, -0.1) is 23.1 Å². The molecule has 1 aromatic heterocycles. The molecule has 3 unspecified atom stereocenters. The van der Waals surface area contributed by atoms with E-state index in [1.807, 2.05) is 6.92 Å². The Morgan fingerprint density at radius 2 is 2.25 bits per heavy atom. The lowest BCUT2D eigenvalue weighted by Gasteiger charge is -2.28. The Kier molecular flexibility index (Phi) is 4.58. The van der Waals surface area contributed by atoms with Crippen LogP contribution in [0.4, 0.5) is 0 Å². The molecule has 2 heterocycles. The van der Waals surface area contributed by atoms with E-state index in [-0.39, 0.29) is 6.04 Å². The Labute approximate surface area is 110 Å². The number of aromatic nitrogens is 1. The van der Waals surface area contributed by atoms with Gasteiger partial charge in [0.1, 0.15) is 5.01 Å². The minimum atomic E-state index is 0.0614. The first-order valence-electron chi connectivity index (χ1n) is 5.66. The van der Waals surface area contributed by atoms with Gasteiger partial charge in [-0.05, 0) is 13.3 Å². The standard InChI is InChI=1S/C11H18N2S3/c1-3-9-10(15-5-4-14-9)11-13-8(6-16-11)7(2)12/h6-7,9-10H,3-5,12H2,1-2H3. The van der Waals surface area contributed by atoms with Crippen LogP contribution in [0.25, 0.3) is 0 Å². The molecule has 1 fully saturated rings. The summed E-state index contributed by atoms with van der Waals surface area (Å²) in [6.45, 7) is 4.27. The molecule has 1 aromatic rings. The van der Waals surface area contributed by atoms with Crippen LogP contribution in [0.3, 0.4) is 0 Å². The molecular formula is C11H18N2S3.